The number of thiazole rings is 1. The minimum absolute atomic E-state index is 0.0430. The highest BCUT2D eigenvalue weighted by Crippen LogP contribution is 2.30. The normalized spacial score (nSPS) is 15.6. The highest BCUT2D eigenvalue weighted by molar-refractivity contribution is 7.89. The monoisotopic (exact) mass is 529 g/mol. The maximum absolute atomic E-state index is 14.0. The lowest BCUT2D eigenvalue weighted by atomic mass is 10.1. The SMILES string of the molecule is CC(C)CCNCCCS(=O)(=O)N1CCC(Nc2nc(N)c(C(=O)c3c(F)cccc3F)s2)CC1. The van der Waals surface area contributed by atoms with Crippen molar-refractivity contribution in [2.45, 2.75) is 45.6 Å². The van der Waals surface area contributed by atoms with Gasteiger partial charge in [0.05, 0.1) is 11.3 Å². The van der Waals surface area contributed by atoms with E-state index in [1.54, 1.807) is 0 Å². The number of benzene rings is 1. The highest BCUT2D eigenvalue weighted by Gasteiger charge is 2.29. The van der Waals surface area contributed by atoms with Gasteiger partial charge < -0.3 is 16.4 Å². The predicted molar refractivity (Wildman–Crippen MR) is 135 cm³/mol. The first-order valence-corrected chi connectivity index (χ1v) is 14.2. The van der Waals surface area contributed by atoms with Crippen LogP contribution >= 0.6 is 11.3 Å². The van der Waals surface area contributed by atoms with Crippen LogP contribution in [0.5, 0.6) is 0 Å². The number of anilines is 2. The summed E-state index contributed by atoms with van der Waals surface area (Å²) in [4.78, 5) is 16.7. The molecule has 2 aromatic rings. The van der Waals surface area contributed by atoms with Crippen LogP contribution in [0.2, 0.25) is 0 Å². The van der Waals surface area contributed by atoms with Gasteiger partial charge in [-0.2, -0.15) is 0 Å². The Morgan fingerprint density at radius 2 is 1.89 bits per heavy atom. The van der Waals surface area contributed by atoms with Crippen LogP contribution in [0, 0.1) is 17.6 Å². The molecule has 12 heteroatoms. The summed E-state index contributed by atoms with van der Waals surface area (Å²) in [5.74, 6) is -2.16. The molecule has 1 aromatic carbocycles. The molecule has 1 aliphatic heterocycles. The van der Waals surface area contributed by atoms with Gasteiger partial charge in [-0.05, 0) is 56.8 Å². The summed E-state index contributed by atoms with van der Waals surface area (Å²) in [6.07, 6.45) is 2.76. The van der Waals surface area contributed by atoms with Gasteiger partial charge in [0.25, 0.3) is 0 Å². The molecule has 0 amide bonds. The smallest absolute Gasteiger partial charge is 0.214 e. The van der Waals surface area contributed by atoms with Crippen molar-refractivity contribution in [1.29, 1.82) is 0 Å². The molecule has 194 valence electrons. The lowest BCUT2D eigenvalue weighted by Gasteiger charge is -2.31. The second kappa shape index (κ2) is 12.2. The molecular weight excluding hydrogens is 496 g/mol. The van der Waals surface area contributed by atoms with Crippen LogP contribution in [0.3, 0.4) is 0 Å². The molecular formula is C23H33F2N5O3S2. The molecule has 0 radical (unpaired) electrons. The summed E-state index contributed by atoms with van der Waals surface area (Å²) in [6, 6.07) is 3.15. The molecule has 0 saturated carbocycles. The fourth-order valence-corrected chi connectivity index (χ4v) is 6.30. The minimum Gasteiger partial charge on any atom is -0.382 e. The van der Waals surface area contributed by atoms with Gasteiger partial charge in [-0.15, -0.1) is 0 Å². The Bertz CT molecular complexity index is 1100. The molecule has 1 saturated heterocycles. The standard InChI is InChI=1S/C23H33F2N5O3S2/c1-15(2)7-11-27-10-4-14-35(32,33)30-12-8-16(9-13-30)28-23-29-22(26)21(34-23)20(31)19-17(24)5-3-6-18(19)25/h3,5-6,15-16,27H,4,7-14,26H2,1-2H3,(H,28,29). The van der Waals surface area contributed by atoms with Gasteiger partial charge in [0.2, 0.25) is 15.8 Å². The number of ketones is 1. The van der Waals surface area contributed by atoms with Gasteiger partial charge in [-0.1, -0.05) is 31.3 Å². The fourth-order valence-electron chi connectivity index (χ4n) is 3.86. The van der Waals surface area contributed by atoms with E-state index in [9.17, 15) is 22.0 Å². The number of carbonyl (C=O) groups is 1. The molecule has 2 heterocycles. The van der Waals surface area contributed by atoms with Crippen molar-refractivity contribution in [1.82, 2.24) is 14.6 Å². The first-order valence-electron chi connectivity index (χ1n) is 11.8. The number of nitrogen functional groups attached to an aromatic ring is 1. The van der Waals surface area contributed by atoms with E-state index in [1.807, 2.05) is 0 Å². The number of nitrogens with two attached hydrogens (primary N) is 1. The topological polar surface area (TPSA) is 117 Å². The van der Waals surface area contributed by atoms with Gasteiger partial charge >= 0.3 is 0 Å². The Morgan fingerprint density at radius 1 is 1.23 bits per heavy atom. The van der Waals surface area contributed by atoms with Crippen LogP contribution in [0.1, 0.15) is 54.8 Å². The van der Waals surface area contributed by atoms with Gasteiger partial charge in [-0.25, -0.2) is 26.5 Å². The van der Waals surface area contributed by atoms with Gasteiger partial charge in [0, 0.05) is 19.1 Å². The van der Waals surface area contributed by atoms with Crippen molar-refractivity contribution < 1.29 is 22.0 Å². The zero-order valence-electron chi connectivity index (χ0n) is 20.0. The molecule has 3 rings (SSSR count). The number of halogens is 2. The number of aromatic nitrogens is 1. The first kappa shape index (κ1) is 27.4. The molecule has 35 heavy (non-hydrogen) atoms. The average molecular weight is 530 g/mol. The Kier molecular flexibility index (Phi) is 9.56. The lowest BCUT2D eigenvalue weighted by Crippen LogP contribution is -2.43. The van der Waals surface area contributed by atoms with Gasteiger partial charge in [0.1, 0.15) is 22.3 Å². The molecule has 0 bridgehead atoms. The van der Waals surface area contributed by atoms with Crippen LogP contribution in [-0.4, -0.2) is 61.5 Å². The molecule has 1 aliphatic rings. The van der Waals surface area contributed by atoms with Crippen molar-refractivity contribution >= 4 is 38.1 Å². The molecule has 0 atom stereocenters. The Labute approximate surface area is 209 Å². The molecule has 1 aromatic heterocycles. The van der Waals surface area contributed by atoms with Crippen molar-refractivity contribution in [3.63, 3.8) is 0 Å². The molecule has 8 nitrogen and oxygen atoms in total. The second-order valence-corrected chi connectivity index (χ2v) is 12.2. The highest BCUT2D eigenvalue weighted by atomic mass is 32.2. The van der Waals surface area contributed by atoms with Crippen LogP contribution in [0.15, 0.2) is 18.2 Å². The maximum atomic E-state index is 14.0. The van der Waals surface area contributed by atoms with Crippen molar-refractivity contribution in [2.75, 3.05) is 43.0 Å². The number of nitrogens with zero attached hydrogens (tertiary/aromatic N) is 2. The van der Waals surface area contributed by atoms with Gasteiger partial charge in [-0.3, -0.25) is 4.79 Å². The van der Waals surface area contributed by atoms with E-state index in [4.69, 9.17) is 5.73 Å². The van der Waals surface area contributed by atoms with Crippen molar-refractivity contribution in [3.8, 4) is 0 Å². The first-order chi connectivity index (χ1) is 16.6. The fraction of sp³-hybridized carbons (Fsp3) is 0.565. The van der Waals surface area contributed by atoms with Crippen molar-refractivity contribution in [3.05, 3.63) is 40.3 Å². The Balaban J connectivity index is 1.50. The summed E-state index contributed by atoms with van der Waals surface area (Å²) in [6.45, 7) is 6.63. The zero-order chi connectivity index (χ0) is 25.6. The largest absolute Gasteiger partial charge is 0.382 e. The zero-order valence-corrected chi connectivity index (χ0v) is 21.7. The summed E-state index contributed by atoms with van der Waals surface area (Å²) in [7, 11) is -3.32. The molecule has 1 fully saturated rings. The lowest BCUT2D eigenvalue weighted by molar-refractivity contribution is 0.103. The van der Waals surface area contributed by atoms with E-state index >= 15 is 0 Å². The molecule has 0 spiro atoms. The summed E-state index contributed by atoms with van der Waals surface area (Å²) in [5, 5.41) is 6.82. The van der Waals surface area contributed by atoms with Crippen LogP contribution in [-0.2, 0) is 10.0 Å². The summed E-state index contributed by atoms with van der Waals surface area (Å²) in [5.41, 5.74) is 5.19. The molecule has 4 N–H and O–H groups in total. The van der Waals surface area contributed by atoms with E-state index in [1.165, 1.54) is 10.4 Å². The number of rotatable bonds is 12. The molecule has 0 aliphatic carbocycles. The maximum Gasteiger partial charge on any atom is 0.214 e. The van der Waals surface area contributed by atoms with E-state index in [0.29, 0.717) is 49.9 Å². The van der Waals surface area contributed by atoms with E-state index in [2.05, 4.69) is 29.5 Å². The third kappa shape index (κ3) is 7.42. The Hall–Kier alpha value is -2.15. The number of hydrogen-bond acceptors (Lipinski definition) is 8. The summed E-state index contributed by atoms with van der Waals surface area (Å²) >= 11 is 0.930. The van der Waals surface area contributed by atoms with E-state index in [-0.39, 0.29) is 22.5 Å². The average Bonchev–Trinajstić information content (AvgIpc) is 3.16. The number of piperidine rings is 1. The summed E-state index contributed by atoms with van der Waals surface area (Å²) < 4.78 is 54.8. The minimum atomic E-state index is -3.32. The van der Waals surface area contributed by atoms with Gasteiger partial charge in [0.15, 0.2) is 5.13 Å². The van der Waals surface area contributed by atoms with E-state index in [0.717, 1.165) is 36.4 Å². The van der Waals surface area contributed by atoms with Crippen LogP contribution in [0.25, 0.3) is 0 Å². The number of carbonyl (C=O) groups excluding carboxylic acids is 1. The van der Waals surface area contributed by atoms with E-state index < -0.39 is 33.0 Å². The molecule has 0 unspecified atom stereocenters. The number of hydrogen-bond donors (Lipinski definition) is 3. The van der Waals surface area contributed by atoms with Crippen LogP contribution in [0.4, 0.5) is 19.7 Å². The third-order valence-electron chi connectivity index (χ3n) is 5.88. The number of nitrogens with one attached hydrogen (secondary N) is 2. The van der Waals surface area contributed by atoms with Crippen LogP contribution < -0.4 is 16.4 Å². The quantitative estimate of drug-likeness (QED) is 0.285. The second-order valence-electron chi connectivity index (χ2n) is 9.08. The number of sulfonamides is 1. The predicted octanol–water partition coefficient (Wildman–Crippen LogP) is 3.47. The third-order valence-corrected chi connectivity index (χ3v) is 8.84. The van der Waals surface area contributed by atoms with Crippen molar-refractivity contribution in [2.24, 2.45) is 5.92 Å². The Morgan fingerprint density at radius 3 is 2.51 bits per heavy atom.